The molecule has 1 N–H and O–H groups in total. The van der Waals surface area contributed by atoms with E-state index in [2.05, 4.69) is 4.72 Å². The van der Waals surface area contributed by atoms with Crippen molar-refractivity contribution < 1.29 is 17.9 Å². The Kier molecular flexibility index (Phi) is 5.01. The Morgan fingerprint density at radius 3 is 2.85 bits per heavy atom. The molecule has 0 bridgehead atoms. The van der Waals surface area contributed by atoms with Crippen molar-refractivity contribution in [2.45, 2.75) is 37.7 Å². The molecule has 0 aliphatic carbocycles. The standard InChI is InChI=1S/C14H21NO4S/c1-3-18-14-7-6-13(9-11(14)2)20(16,17)15-10-12-5-4-8-19-12/h6-7,9,12,15H,3-5,8,10H2,1-2H3/t12-/m0/s1. The molecule has 0 radical (unpaired) electrons. The van der Waals surface area contributed by atoms with Gasteiger partial charge in [-0.3, -0.25) is 0 Å². The van der Waals surface area contributed by atoms with Gasteiger partial charge in [-0.1, -0.05) is 0 Å². The first-order valence-corrected chi connectivity index (χ1v) is 8.36. The summed E-state index contributed by atoms with van der Waals surface area (Å²) in [5.74, 6) is 0.713. The normalized spacial score (nSPS) is 19.2. The van der Waals surface area contributed by atoms with Crippen LogP contribution in [0.2, 0.25) is 0 Å². The molecule has 1 saturated heterocycles. The van der Waals surface area contributed by atoms with Crippen LogP contribution in [0.4, 0.5) is 0 Å². The zero-order chi connectivity index (χ0) is 14.6. The van der Waals surface area contributed by atoms with Crippen molar-refractivity contribution in [2.24, 2.45) is 0 Å². The smallest absolute Gasteiger partial charge is 0.240 e. The lowest BCUT2D eigenvalue weighted by Gasteiger charge is -2.13. The van der Waals surface area contributed by atoms with Gasteiger partial charge >= 0.3 is 0 Å². The van der Waals surface area contributed by atoms with Gasteiger partial charge in [-0.25, -0.2) is 13.1 Å². The summed E-state index contributed by atoms with van der Waals surface area (Å²) in [4.78, 5) is 0.261. The molecule has 1 aliphatic heterocycles. The molecule has 6 heteroatoms. The molecule has 0 aromatic heterocycles. The number of ether oxygens (including phenoxy) is 2. The summed E-state index contributed by atoms with van der Waals surface area (Å²) >= 11 is 0. The topological polar surface area (TPSA) is 64.6 Å². The Morgan fingerprint density at radius 1 is 1.45 bits per heavy atom. The maximum absolute atomic E-state index is 12.2. The predicted molar refractivity (Wildman–Crippen MR) is 76.5 cm³/mol. The highest BCUT2D eigenvalue weighted by Gasteiger charge is 2.20. The highest BCUT2D eigenvalue weighted by molar-refractivity contribution is 7.89. The van der Waals surface area contributed by atoms with Gasteiger partial charge in [0.1, 0.15) is 5.75 Å². The Hall–Kier alpha value is -1.11. The summed E-state index contributed by atoms with van der Waals surface area (Å²) in [5, 5.41) is 0. The van der Waals surface area contributed by atoms with Crippen LogP contribution in [-0.4, -0.2) is 34.3 Å². The highest BCUT2D eigenvalue weighted by Crippen LogP contribution is 2.22. The fraction of sp³-hybridized carbons (Fsp3) is 0.571. The fourth-order valence-electron chi connectivity index (χ4n) is 2.20. The summed E-state index contributed by atoms with van der Waals surface area (Å²) in [6, 6.07) is 4.89. The van der Waals surface area contributed by atoms with Crippen LogP contribution in [-0.2, 0) is 14.8 Å². The fourth-order valence-corrected chi connectivity index (χ4v) is 3.35. The molecule has 1 aromatic carbocycles. The predicted octanol–water partition coefficient (Wildman–Crippen LogP) is 1.85. The average molecular weight is 299 g/mol. The monoisotopic (exact) mass is 299 g/mol. The van der Waals surface area contributed by atoms with Gasteiger partial charge in [-0.15, -0.1) is 0 Å². The second-order valence-electron chi connectivity index (χ2n) is 4.85. The number of hydrogen-bond acceptors (Lipinski definition) is 4. The molecular weight excluding hydrogens is 278 g/mol. The Balaban J connectivity index is 2.06. The lowest BCUT2D eigenvalue weighted by Crippen LogP contribution is -2.31. The average Bonchev–Trinajstić information content (AvgIpc) is 2.92. The van der Waals surface area contributed by atoms with Crippen LogP contribution in [0.25, 0.3) is 0 Å². The van der Waals surface area contributed by atoms with E-state index in [1.165, 1.54) is 0 Å². The van der Waals surface area contributed by atoms with E-state index < -0.39 is 10.0 Å². The van der Waals surface area contributed by atoms with Crippen LogP contribution in [0, 0.1) is 6.92 Å². The third-order valence-corrected chi connectivity index (χ3v) is 4.70. The number of benzene rings is 1. The van der Waals surface area contributed by atoms with Crippen LogP contribution in [0.3, 0.4) is 0 Å². The minimum absolute atomic E-state index is 0.00595. The van der Waals surface area contributed by atoms with Gasteiger partial charge in [0.05, 0.1) is 17.6 Å². The molecule has 0 amide bonds. The van der Waals surface area contributed by atoms with Crippen LogP contribution in [0.1, 0.15) is 25.3 Å². The maximum atomic E-state index is 12.2. The van der Waals surface area contributed by atoms with E-state index in [0.29, 0.717) is 25.5 Å². The minimum Gasteiger partial charge on any atom is -0.494 e. The molecule has 1 atom stereocenters. The van der Waals surface area contributed by atoms with Crippen molar-refractivity contribution in [3.63, 3.8) is 0 Å². The first kappa shape index (κ1) is 15.3. The van der Waals surface area contributed by atoms with Gasteiger partial charge in [-0.05, 0) is 50.5 Å². The number of rotatable bonds is 6. The third kappa shape index (κ3) is 3.71. The van der Waals surface area contributed by atoms with Gasteiger partial charge in [0.25, 0.3) is 0 Å². The molecule has 1 aromatic rings. The molecule has 5 nitrogen and oxygen atoms in total. The Morgan fingerprint density at radius 2 is 2.25 bits per heavy atom. The minimum atomic E-state index is -3.49. The molecule has 0 saturated carbocycles. The van der Waals surface area contributed by atoms with E-state index in [9.17, 15) is 8.42 Å². The second kappa shape index (κ2) is 6.56. The van der Waals surface area contributed by atoms with E-state index in [4.69, 9.17) is 9.47 Å². The number of hydrogen-bond donors (Lipinski definition) is 1. The van der Waals surface area contributed by atoms with E-state index >= 15 is 0 Å². The van der Waals surface area contributed by atoms with Gasteiger partial charge in [0.2, 0.25) is 10.0 Å². The van der Waals surface area contributed by atoms with Crippen molar-refractivity contribution in [2.75, 3.05) is 19.8 Å². The molecule has 0 spiro atoms. The summed E-state index contributed by atoms with van der Waals surface area (Å²) in [7, 11) is -3.49. The Labute approximate surface area is 120 Å². The second-order valence-corrected chi connectivity index (χ2v) is 6.61. The van der Waals surface area contributed by atoms with Crippen LogP contribution in [0.5, 0.6) is 5.75 Å². The first-order valence-electron chi connectivity index (χ1n) is 6.87. The van der Waals surface area contributed by atoms with Crippen LogP contribution >= 0.6 is 0 Å². The van der Waals surface area contributed by atoms with Crippen molar-refractivity contribution in [3.8, 4) is 5.75 Å². The SMILES string of the molecule is CCOc1ccc(S(=O)(=O)NC[C@@H]2CCCO2)cc1C. The first-order chi connectivity index (χ1) is 9.53. The lowest BCUT2D eigenvalue weighted by molar-refractivity contribution is 0.114. The zero-order valence-electron chi connectivity index (χ0n) is 11.9. The quantitative estimate of drug-likeness (QED) is 0.870. The molecular formula is C14H21NO4S. The molecule has 1 aliphatic rings. The van der Waals surface area contributed by atoms with Crippen molar-refractivity contribution in [1.82, 2.24) is 4.72 Å². The molecule has 1 fully saturated rings. The number of aryl methyl sites for hydroxylation is 1. The van der Waals surface area contributed by atoms with Gasteiger partial charge in [0.15, 0.2) is 0 Å². The van der Waals surface area contributed by atoms with E-state index in [1.807, 2.05) is 13.8 Å². The summed E-state index contributed by atoms with van der Waals surface area (Å²) < 4.78 is 37.8. The summed E-state index contributed by atoms with van der Waals surface area (Å²) in [6.07, 6.45) is 1.90. The zero-order valence-corrected chi connectivity index (χ0v) is 12.7. The Bertz CT molecular complexity index is 550. The van der Waals surface area contributed by atoms with Crippen molar-refractivity contribution >= 4 is 10.0 Å². The van der Waals surface area contributed by atoms with Crippen molar-refractivity contribution in [1.29, 1.82) is 0 Å². The molecule has 112 valence electrons. The van der Waals surface area contributed by atoms with Gasteiger partial charge in [0, 0.05) is 13.2 Å². The van der Waals surface area contributed by atoms with E-state index in [0.717, 1.165) is 18.4 Å². The van der Waals surface area contributed by atoms with E-state index in [1.54, 1.807) is 18.2 Å². The maximum Gasteiger partial charge on any atom is 0.240 e. The van der Waals surface area contributed by atoms with E-state index in [-0.39, 0.29) is 11.0 Å². The third-order valence-electron chi connectivity index (χ3n) is 3.28. The molecule has 1 heterocycles. The summed E-state index contributed by atoms with van der Waals surface area (Å²) in [5.41, 5.74) is 0.812. The summed E-state index contributed by atoms with van der Waals surface area (Å²) in [6.45, 7) is 5.34. The van der Waals surface area contributed by atoms with Gasteiger partial charge in [-0.2, -0.15) is 0 Å². The number of nitrogens with one attached hydrogen (secondary N) is 1. The number of sulfonamides is 1. The highest BCUT2D eigenvalue weighted by atomic mass is 32.2. The molecule has 20 heavy (non-hydrogen) atoms. The van der Waals surface area contributed by atoms with Crippen LogP contribution in [0.15, 0.2) is 23.1 Å². The van der Waals surface area contributed by atoms with Gasteiger partial charge < -0.3 is 9.47 Å². The van der Waals surface area contributed by atoms with Crippen LogP contribution < -0.4 is 9.46 Å². The molecule has 0 unspecified atom stereocenters. The largest absolute Gasteiger partial charge is 0.494 e. The molecule has 2 rings (SSSR count). The van der Waals surface area contributed by atoms with Crippen molar-refractivity contribution in [3.05, 3.63) is 23.8 Å². The lowest BCUT2D eigenvalue weighted by atomic mass is 10.2.